The van der Waals surface area contributed by atoms with Crippen molar-refractivity contribution in [1.29, 1.82) is 0 Å². The average Bonchev–Trinajstić information content (AvgIpc) is 3.25. The Morgan fingerprint density at radius 1 is 1.12 bits per heavy atom. The van der Waals surface area contributed by atoms with E-state index in [1.165, 1.54) is 17.1 Å². The van der Waals surface area contributed by atoms with E-state index in [1.807, 2.05) is 45.0 Å². The molecule has 0 aliphatic rings. The number of rotatable bonds is 10. The van der Waals surface area contributed by atoms with Crippen molar-refractivity contribution in [2.24, 2.45) is 0 Å². The fraction of sp³-hybridized carbons (Fsp3) is 0.269. The molecule has 2 heterocycles. The van der Waals surface area contributed by atoms with Gasteiger partial charge < -0.3 is 19.9 Å². The van der Waals surface area contributed by atoms with E-state index in [0.29, 0.717) is 35.3 Å². The van der Waals surface area contributed by atoms with Gasteiger partial charge in [0.2, 0.25) is 0 Å². The number of aromatic carboxylic acids is 1. The Morgan fingerprint density at radius 3 is 2.71 bits per heavy atom. The molecule has 4 rings (SSSR count). The number of aromatic nitrogens is 2. The molecule has 0 unspecified atom stereocenters. The minimum atomic E-state index is -1.01. The Kier molecular flexibility index (Phi) is 7.27. The Morgan fingerprint density at radius 2 is 1.94 bits per heavy atom. The van der Waals surface area contributed by atoms with Crippen molar-refractivity contribution in [3.63, 3.8) is 0 Å². The molecule has 8 heteroatoms. The molecule has 4 aromatic rings. The quantitative estimate of drug-likeness (QED) is 0.294. The second-order valence-corrected chi connectivity index (χ2v) is 8.99. The van der Waals surface area contributed by atoms with Crippen molar-refractivity contribution in [3.05, 3.63) is 65.3 Å². The van der Waals surface area contributed by atoms with Crippen LogP contribution in [0.2, 0.25) is 0 Å². The molecule has 0 amide bonds. The molecule has 2 N–H and O–H groups in total. The van der Waals surface area contributed by atoms with Crippen LogP contribution in [-0.4, -0.2) is 40.3 Å². The summed E-state index contributed by atoms with van der Waals surface area (Å²) in [6.45, 7) is 6.91. The van der Waals surface area contributed by atoms with Crippen LogP contribution in [0.15, 0.2) is 54.9 Å². The highest BCUT2D eigenvalue weighted by Crippen LogP contribution is 2.36. The first-order chi connectivity index (χ1) is 16.5. The summed E-state index contributed by atoms with van der Waals surface area (Å²) in [7, 11) is 0. The second-order valence-electron chi connectivity index (χ2n) is 7.94. The molecule has 176 valence electrons. The number of hydrogen-bond donors (Lipinski definition) is 2. The first kappa shape index (κ1) is 23.5. The van der Waals surface area contributed by atoms with Gasteiger partial charge in [0.25, 0.3) is 0 Å². The zero-order chi connectivity index (χ0) is 24.1. The van der Waals surface area contributed by atoms with Crippen LogP contribution in [0, 0.1) is 0 Å². The lowest BCUT2D eigenvalue weighted by atomic mass is 10.0. The Bertz CT molecular complexity index is 1300. The highest BCUT2D eigenvalue weighted by Gasteiger charge is 2.18. The van der Waals surface area contributed by atoms with Crippen molar-refractivity contribution < 1.29 is 19.4 Å². The number of benzene rings is 2. The lowest BCUT2D eigenvalue weighted by molar-refractivity contribution is 0.0698. The summed E-state index contributed by atoms with van der Waals surface area (Å²) >= 11 is 1.14. The minimum absolute atomic E-state index is 0.0837. The number of nitrogens with zero attached hydrogens (tertiary/aromatic N) is 2. The number of thiophene rings is 1. The summed E-state index contributed by atoms with van der Waals surface area (Å²) in [5.41, 5.74) is 1.80. The predicted octanol–water partition coefficient (Wildman–Crippen LogP) is 5.90. The van der Waals surface area contributed by atoms with Crippen LogP contribution in [0.3, 0.4) is 0 Å². The highest BCUT2D eigenvalue weighted by molar-refractivity contribution is 7.17. The van der Waals surface area contributed by atoms with Crippen LogP contribution in [0.25, 0.3) is 21.3 Å². The van der Waals surface area contributed by atoms with Crippen molar-refractivity contribution in [2.45, 2.75) is 33.3 Å². The van der Waals surface area contributed by atoms with E-state index in [-0.39, 0.29) is 11.0 Å². The number of fused-ring (bicyclic) bond motifs is 1. The van der Waals surface area contributed by atoms with Crippen LogP contribution >= 0.6 is 11.3 Å². The molecule has 0 aliphatic heterocycles. The highest BCUT2D eigenvalue weighted by atomic mass is 32.1. The van der Waals surface area contributed by atoms with Gasteiger partial charge in [0, 0.05) is 24.2 Å². The first-order valence-corrected chi connectivity index (χ1v) is 12.0. The molecule has 2 aromatic carbocycles. The monoisotopic (exact) mass is 477 g/mol. The maximum absolute atomic E-state index is 11.5. The first-order valence-electron chi connectivity index (χ1n) is 11.2. The number of anilines is 1. The van der Waals surface area contributed by atoms with E-state index in [4.69, 9.17) is 9.47 Å². The molecular weight excluding hydrogens is 450 g/mol. The van der Waals surface area contributed by atoms with Crippen molar-refractivity contribution in [1.82, 2.24) is 9.97 Å². The van der Waals surface area contributed by atoms with E-state index in [1.54, 1.807) is 6.07 Å². The van der Waals surface area contributed by atoms with Gasteiger partial charge in [-0.25, -0.2) is 14.8 Å². The van der Waals surface area contributed by atoms with Crippen LogP contribution in [0.4, 0.5) is 5.82 Å². The normalized spacial score (nSPS) is 11.1. The van der Waals surface area contributed by atoms with Gasteiger partial charge in [-0.15, -0.1) is 11.3 Å². The summed E-state index contributed by atoms with van der Waals surface area (Å²) in [5, 5.41) is 15.2. The molecule has 0 spiro atoms. The topological polar surface area (TPSA) is 93.6 Å². The molecule has 0 saturated heterocycles. The Hall–Kier alpha value is -3.65. The number of ether oxygens (including phenoxy) is 2. The van der Waals surface area contributed by atoms with Crippen molar-refractivity contribution in [2.75, 3.05) is 18.5 Å². The number of carboxylic acid groups (broad SMARTS) is 1. The summed E-state index contributed by atoms with van der Waals surface area (Å²) in [5.74, 6) is 0.903. The van der Waals surface area contributed by atoms with Gasteiger partial charge in [0.05, 0.1) is 23.3 Å². The van der Waals surface area contributed by atoms with Gasteiger partial charge in [0.15, 0.2) is 4.88 Å². The fourth-order valence-corrected chi connectivity index (χ4v) is 4.66. The zero-order valence-corrected chi connectivity index (χ0v) is 20.2. The van der Waals surface area contributed by atoms with E-state index in [0.717, 1.165) is 29.1 Å². The van der Waals surface area contributed by atoms with Gasteiger partial charge in [0.1, 0.15) is 23.6 Å². The van der Waals surface area contributed by atoms with Crippen LogP contribution in [0.1, 0.15) is 36.0 Å². The smallest absolute Gasteiger partial charge is 0.349 e. The standard InChI is InChI=1S/C26H27N3O4S/c1-4-32-22-14-23(34-25(22)26(30)31)20-13-24(29-15-28-20)27-12-11-19-18-8-6-5-7-17(18)9-10-21(19)33-16(2)3/h5-10,13-16H,4,11-12H2,1-3H3,(H,30,31)(H,27,28,29). The third kappa shape index (κ3) is 5.28. The lowest BCUT2D eigenvalue weighted by Crippen LogP contribution is -2.11. The SMILES string of the molecule is CCOc1cc(-c2cc(NCCc3c(OC(C)C)ccc4ccccc34)ncn2)sc1C(=O)O. The van der Waals surface area contributed by atoms with Gasteiger partial charge in [-0.2, -0.15) is 0 Å². The molecule has 34 heavy (non-hydrogen) atoms. The minimum Gasteiger partial charge on any atom is -0.492 e. The number of nitrogens with one attached hydrogen (secondary N) is 1. The maximum Gasteiger partial charge on any atom is 0.349 e. The Labute approximate surface area is 202 Å². The largest absolute Gasteiger partial charge is 0.492 e. The van der Waals surface area contributed by atoms with Gasteiger partial charge in [-0.3, -0.25) is 0 Å². The van der Waals surface area contributed by atoms with Gasteiger partial charge >= 0.3 is 5.97 Å². The molecule has 7 nitrogen and oxygen atoms in total. The van der Waals surface area contributed by atoms with Gasteiger partial charge in [-0.1, -0.05) is 30.3 Å². The molecule has 0 bridgehead atoms. The van der Waals surface area contributed by atoms with Crippen LogP contribution < -0.4 is 14.8 Å². The fourth-order valence-electron chi connectivity index (χ4n) is 3.75. The lowest BCUT2D eigenvalue weighted by Gasteiger charge is -2.17. The maximum atomic E-state index is 11.5. The molecule has 0 fully saturated rings. The summed E-state index contributed by atoms with van der Waals surface area (Å²) in [6.07, 6.45) is 2.31. The number of carboxylic acids is 1. The molecule has 0 aliphatic carbocycles. The average molecular weight is 478 g/mol. The summed E-state index contributed by atoms with van der Waals surface area (Å²) in [6, 6.07) is 16.0. The van der Waals surface area contributed by atoms with Crippen LogP contribution in [-0.2, 0) is 6.42 Å². The third-order valence-electron chi connectivity index (χ3n) is 5.15. The van der Waals surface area contributed by atoms with Crippen molar-refractivity contribution in [3.8, 4) is 22.1 Å². The second kappa shape index (κ2) is 10.5. The number of hydrogen-bond acceptors (Lipinski definition) is 7. The third-order valence-corrected chi connectivity index (χ3v) is 6.28. The van der Waals surface area contributed by atoms with Gasteiger partial charge in [-0.05, 0) is 44.0 Å². The van der Waals surface area contributed by atoms with Crippen LogP contribution in [0.5, 0.6) is 11.5 Å². The molecule has 0 radical (unpaired) electrons. The van der Waals surface area contributed by atoms with E-state index in [9.17, 15) is 9.90 Å². The molecular formula is C26H27N3O4S. The zero-order valence-electron chi connectivity index (χ0n) is 19.4. The molecule has 0 atom stereocenters. The van der Waals surface area contributed by atoms with E-state index >= 15 is 0 Å². The predicted molar refractivity (Wildman–Crippen MR) is 135 cm³/mol. The van der Waals surface area contributed by atoms with E-state index in [2.05, 4.69) is 33.5 Å². The summed E-state index contributed by atoms with van der Waals surface area (Å²) in [4.78, 5) is 21.1. The molecule has 0 saturated carbocycles. The van der Waals surface area contributed by atoms with Crippen molar-refractivity contribution >= 4 is 33.9 Å². The van der Waals surface area contributed by atoms with E-state index < -0.39 is 5.97 Å². The summed E-state index contributed by atoms with van der Waals surface area (Å²) < 4.78 is 11.6. The number of carbonyl (C=O) groups is 1. The molecule has 2 aromatic heterocycles. The Balaban J connectivity index is 1.53.